The highest BCUT2D eigenvalue weighted by molar-refractivity contribution is 4.85. The molecular weight excluding hydrogens is 248 g/mol. The Balaban J connectivity index is 1.83. The van der Waals surface area contributed by atoms with Gasteiger partial charge in [0.2, 0.25) is 0 Å². The Bertz CT molecular complexity index is 260. The van der Waals surface area contributed by atoms with Gasteiger partial charge in [0.25, 0.3) is 0 Å². The van der Waals surface area contributed by atoms with Crippen LogP contribution in [0.3, 0.4) is 0 Å². The van der Waals surface area contributed by atoms with Crippen LogP contribution in [0.25, 0.3) is 0 Å². The van der Waals surface area contributed by atoms with Gasteiger partial charge in [0.15, 0.2) is 0 Å². The molecule has 2 rings (SSSR count). The summed E-state index contributed by atoms with van der Waals surface area (Å²) in [5.41, 5.74) is 0. The van der Waals surface area contributed by atoms with Crippen molar-refractivity contribution in [1.82, 2.24) is 0 Å². The molecule has 0 spiro atoms. The SMILES string of the molecule is FC1CC(C2CCCCC2)CCC1OC(F)(F)F. The second-order valence-electron chi connectivity index (χ2n) is 5.59. The van der Waals surface area contributed by atoms with Gasteiger partial charge in [-0.2, -0.15) is 0 Å². The van der Waals surface area contributed by atoms with Crippen molar-refractivity contribution in [1.29, 1.82) is 0 Å². The number of rotatable bonds is 2. The van der Waals surface area contributed by atoms with E-state index in [1.54, 1.807) is 0 Å². The maximum Gasteiger partial charge on any atom is 0.522 e. The summed E-state index contributed by atoms with van der Waals surface area (Å²) >= 11 is 0. The van der Waals surface area contributed by atoms with E-state index in [4.69, 9.17) is 0 Å². The minimum Gasteiger partial charge on any atom is -0.286 e. The van der Waals surface area contributed by atoms with E-state index in [1.165, 1.54) is 19.3 Å². The highest BCUT2D eigenvalue weighted by atomic mass is 19.4. The van der Waals surface area contributed by atoms with E-state index in [9.17, 15) is 17.6 Å². The molecule has 2 saturated carbocycles. The smallest absolute Gasteiger partial charge is 0.286 e. The van der Waals surface area contributed by atoms with Crippen LogP contribution in [0.5, 0.6) is 0 Å². The van der Waals surface area contributed by atoms with Crippen molar-refractivity contribution in [3.8, 4) is 0 Å². The van der Waals surface area contributed by atoms with Crippen molar-refractivity contribution in [3.05, 3.63) is 0 Å². The molecule has 2 aliphatic carbocycles. The lowest BCUT2D eigenvalue weighted by atomic mass is 9.72. The molecule has 0 saturated heterocycles. The average molecular weight is 268 g/mol. The van der Waals surface area contributed by atoms with Crippen LogP contribution in [0.4, 0.5) is 17.6 Å². The summed E-state index contributed by atoms with van der Waals surface area (Å²) in [7, 11) is 0. The molecule has 3 atom stereocenters. The minimum absolute atomic E-state index is 0.196. The summed E-state index contributed by atoms with van der Waals surface area (Å²) in [6.45, 7) is 0. The van der Waals surface area contributed by atoms with E-state index in [0.29, 0.717) is 12.3 Å². The molecule has 0 N–H and O–H groups in total. The number of ether oxygens (including phenoxy) is 1. The summed E-state index contributed by atoms with van der Waals surface area (Å²) in [6.07, 6.45) is -0.531. The quantitative estimate of drug-likeness (QED) is 0.664. The van der Waals surface area contributed by atoms with Crippen molar-refractivity contribution in [2.24, 2.45) is 11.8 Å². The number of halogens is 4. The van der Waals surface area contributed by atoms with Gasteiger partial charge >= 0.3 is 6.36 Å². The zero-order valence-electron chi connectivity index (χ0n) is 10.4. The van der Waals surface area contributed by atoms with E-state index in [1.807, 2.05) is 0 Å². The Kier molecular flexibility index (Phi) is 4.51. The van der Waals surface area contributed by atoms with Gasteiger partial charge in [0.1, 0.15) is 6.17 Å². The molecule has 5 heteroatoms. The highest BCUT2D eigenvalue weighted by Crippen LogP contribution is 2.40. The van der Waals surface area contributed by atoms with Crippen molar-refractivity contribution in [2.45, 2.75) is 70.0 Å². The van der Waals surface area contributed by atoms with E-state index < -0.39 is 18.6 Å². The fourth-order valence-electron chi connectivity index (χ4n) is 3.46. The molecule has 2 aliphatic rings. The van der Waals surface area contributed by atoms with Gasteiger partial charge in [0.05, 0.1) is 6.10 Å². The Labute approximate surface area is 105 Å². The Morgan fingerprint density at radius 1 is 0.833 bits per heavy atom. The molecule has 0 bridgehead atoms. The molecule has 1 nitrogen and oxygen atoms in total. The monoisotopic (exact) mass is 268 g/mol. The van der Waals surface area contributed by atoms with E-state index in [2.05, 4.69) is 4.74 Å². The van der Waals surface area contributed by atoms with Crippen LogP contribution in [0.15, 0.2) is 0 Å². The summed E-state index contributed by atoms with van der Waals surface area (Å²) in [6, 6.07) is 0. The molecule has 0 radical (unpaired) electrons. The van der Waals surface area contributed by atoms with Gasteiger partial charge < -0.3 is 0 Å². The predicted molar refractivity (Wildman–Crippen MR) is 59.7 cm³/mol. The molecule has 0 aliphatic heterocycles. The largest absolute Gasteiger partial charge is 0.522 e. The summed E-state index contributed by atoms with van der Waals surface area (Å²) < 4.78 is 53.8. The number of alkyl halides is 4. The van der Waals surface area contributed by atoms with Gasteiger partial charge in [-0.15, -0.1) is 13.2 Å². The fourth-order valence-corrected chi connectivity index (χ4v) is 3.46. The topological polar surface area (TPSA) is 9.23 Å². The first-order valence-electron chi connectivity index (χ1n) is 6.84. The maximum atomic E-state index is 13.8. The van der Waals surface area contributed by atoms with E-state index >= 15 is 0 Å². The lowest BCUT2D eigenvalue weighted by Crippen LogP contribution is -2.39. The molecule has 106 valence electrons. The lowest BCUT2D eigenvalue weighted by Gasteiger charge is -2.37. The van der Waals surface area contributed by atoms with Crippen LogP contribution in [-0.4, -0.2) is 18.6 Å². The Morgan fingerprint density at radius 2 is 1.50 bits per heavy atom. The second-order valence-corrected chi connectivity index (χ2v) is 5.59. The molecule has 18 heavy (non-hydrogen) atoms. The van der Waals surface area contributed by atoms with Gasteiger partial charge in [-0.1, -0.05) is 32.1 Å². The molecule has 0 aromatic heterocycles. The first-order chi connectivity index (χ1) is 8.46. The van der Waals surface area contributed by atoms with Gasteiger partial charge in [-0.3, -0.25) is 4.74 Å². The standard InChI is InChI=1S/C13H20F4O/c14-11-8-10(9-4-2-1-3-5-9)6-7-12(11)18-13(15,16)17/h9-12H,1-8H2. The van der Waals surface area contributed by atoms with Gasteiger partial charge in [0, 0.05) is 0 Å². The van der Waals surface area contributed by atoms with Crippen molar-refractivity contribution in [2.75, 3.05) is 0 Å². The Morgan fingerprint density at radius 3 is 2.06 bits per heavy atom. The van der Waals surface area contributed by atoms with Gasteiger partial charge in [-0.05, 0) is 31.1 Å². The summed E-state index contributed by atoms with van der Waals surface area (Å²) in [5.74, 6) is 0.775. The van der Waals surface area contributed by atoms with Crippen LogP contribution in [-0.2, 0) is 4.74 Å². The fraction of sp³-hybridized carbons (Fsp3) is 1.00. The first kappa shape index (κ1) is 14.1. The molecule has 0 aromatic carbocycles. The van der Waals surface area contributed by atoms with Crippen LogP contribution >= 0.6 is 0 Å². The summed E-state index contributed by atoms with van der Waals surface area (Å²) in [5, 5.41) is 0. The van der Waals surface area contributed by atoms with Gasteiger partial charge in [-0.25, -0.2) is 4.39 Å². The molecular formula is C13H20F4O. The van der Waals surface area contributed by atoms with Crippen molar-refractivity contribution in [3.63, 3.8) is 0 Å². The third-order valence-electron chi connectivity index (χ3n) is 4.35. The second kappa shape index (κ2) is 5.76. The third-order valence-corrected chi connectivity index (χ3v) is 4.35. The van der Waals surface area contributed by atoms with Crippen molar-refractivity contribution >= 4 is 0 Å². The summed E-state index contributed by atoms with van der Waals surface area (Å²) in [4.78, 5) is 0. The highest BCUT2D eigenvalue weighted by Gasteiger charge is 2.41. The molecule has 0 aromatic rings. The average Bonchev–Trinajstić information content (AvgIpc) is 2.31. The molecule has 3 unspecified atom stereocenters. The number of hydrogen-bond donors (Lipinski definition) is 0. The molecule has 0 heterocycles. The predicted octanol–water partition coefficient (Wildman–Crippen LogP) is 4.61. The zero-order valence-corrected chi connectivity index (χ0v) is 10.4. The molecule has 0 amide bonds. The van der Waals surface area contributed by atoms with E-state index in [-0.39, 0.29) is 18.8 Å². The molecule has 2 fully saturated rings. The maximum absolute atomic E-state index is 13.8. The van der Waals surface area contributed by atoms with Crippen molar-refractivity contribution < 1.29 is 22.3 Å². The first-order valence-corrected chi connectivity index (χ1v) is 6.84. The normalized spacial score (nSPS) is 35.7. The van der Waals surface area contributed by atoms with E-state index in [0.717, 1.165) is 12.8 Å². The van der Waals surface area contributed by atoms with Crippen LogP contribution in [0, 0.1) is 11.8 Å². The van der Waals surface area contributed by atoms with Crippen LogP contribution < -0.4 is 0 Å². The lowest BCUT2D eigenvalue weighted by molar-refractivity contribution is -0.352. The van der Waals surface area contributed by atoms with Crippen LogP contribution in [0.1, 0.15) is 51.4 Å². The van der Waals surface area contributed by atoms with Crippen LogP contribution in [0.2, 0.25) is 0 Å². The third kappa shape index (κ3) is 3.84. The number of hydrogen-bond acceptors (Lipinski definition) is 1. The minimum atomic E-state index is -4.72. The Hall–Kier alpha value is -0.320. The zero-order chi connectivity index (χ0) is 13.2.